The molecule has 21 heavy (non-hydrogen) atoms. The van der Waals surface area contributed by atoms with E-state index in [1.165, 1.54) is 0 Å². The molecule has 5 nitrogen and oxygen atoms in total. The predicted molar refractivity (Wildman–Crippen MR) is 86.4 cm³/mol. The number of aromatic amines is 1. The summed E-state index contributed by atoms with van der Waals surface area (Å²) in [5, 5.41) is 8.85. The van der Waals surface area contributed by atoms with Crippen molar-refractivity contribution in [3.05, 3.63) is 59.9 Å². The average molecular weight is 295 g/mol. The van der Waals surface area contributed by atoms with Gasteiger partial charge in [-0.15, -0.1) is 0 Å². The van der Waals surface area contributed by atoms with Crippen LogP contribution in [-0.4, -0.2) is 20.4 Å². The van der Waals surface area contributed by atoms with Gasteiger partial charge >= 0.3 is 0 Å². The Kier molecular flexibility index (Phi) is 3.01. The Balaban J connectivity index is 1.47. The van der Waals surface area contributed by atoms with Gasteiger partial charge in [0.05, 0.1) is 22.4 Å². The van der Waals surface area contributed by atoms with Gasteiger partial charge in [-0.2, -0.15) is 0 Å². The molecule has 0 radical (unpaired) electrons. The molecule has 4 rings (SSSR count). The number of aromatic nitrogens is 3. The van der Waals surface area contributed by atoms with Gasteiger partial charge in [0.25, 0.3) is 0 Å². The molecule has 0 aliphatic carbocycles. The minimum atomic E-state index is 0.0610. The summed E-state index contributed by atoms with van der Waals surface area (Å²) in [5.74, 6) is 0.850. The van der Waals surface area contributed by atoms with Crippen LogP contribution in [0.3, 0.4) is 0 Å². The molecule has 0 bridgehead atoms. The highest BCUT2D eigenvalue weighted by Crippen LogP contribution is 2.27. The lowest BCUT2D eigenvalue weighted by Gasteiger charge is -2.15. The van der Waals surface area contributed by atoms with E-state index in [9.17, 15) is 0 Å². The van der Waals surface area contributed by atoms with Crippen molar-refractivity contribution in [3.8, 4) is 0 Å². The van der Waals surface area contributed by atoms with Crippen LogP contribution < -0.4 is 10.6 Å². The number of pyridine rings is 2. The van der Waals surface area contributed by atoms with Crippen LogP contribution in [-0.2, 0) is 0 Å². The molecule has 0 fully saturated rings. The first-order valence-corrected chi connectivity index (χ1v) is 7.57. The second-order valence-corrected chi connectivity index (χ2v) is 5.64. The van der Waals surface area contributed by atoms with E-state index in [1.54, 1.807) is 18.0 Å². The van der Waals surface area contributed by atoms with Gasteiger partial charge in [-0.05, 0) is 30.3 Å². The molecule has 3 aromatic heterocycles. The molecule has 0 saturated heterocycles. The van der Waals surface area contributed by atoms with E-state index in [-0.39, 0.29) is 5.50 Å². The lowest BCUT2D eigenvalue weighted by Crippen LogP contribution is -2.28. The number of nitrogens with one attached hydrogen (secondary N) is 3. The summed E-state index contributed by atoms with van der Waals surface area (Å²) in [7, 11) is 0. The summed E-state index contributed by atoms with van der Waals surface area (Å²) in [6.45, 7) is 0. The first kappa shape index (κ1) is 12.3. The van der Waals surface area contributed by atoms with Crippen LogP contribution in [0.1, 0.15) is 5.69 Å². The van der Waals surface area contributed by atoms with Crippen LogP contribution in [0.15, 0.2) is 54.2 Å². The van der Waals surface area contributed by atoms with Crippen molar-refractivity contribution in [2.45, 2.75) is 5.50 Å². The molecule has 1 atom stereocenters. The quantitative estimate of drug-likeness (QED) is 0.693. The molecule has 3 aromatic rings. The van der Waals surface area contributed by atoms with Gasteiger partial charge < -0.3 is 15.6 Å². The molecule has 0 spiro atoms. The van der Waals surface area contributed by atoms with Crippen molar-refractivity contribution < 1.29 is 0 Å². The summed E-state index contributed by atoms with van der Waals surface area (Å²) in [5.41, 5.74) is 4.04. The van der Waals surface area contributed by atoms with Crippen molar-refractivity contribution >= 4 is 34.3 Å². The van der Waals surface area contributed by atoms with Gasteiger partial charge in [-0.25, -0.2) is 4.98 Å². The van der Waals surface area contributed by atoms with Crippen LogP contribution in [0.5, 0.6) is 0 Å². The van der Waals surface area contributed by atoms with Crippen molar-refractivity contribution in [3.63, 3.8) is 0 Å². The van der Waals surface area contributed by atoms with Crippen molar-refractivity contribution in [2.24, 2.45) is 0 Å². The number of hydrogen-bond donors (Lipinski definition) is 3. The Morgan fingerprint density at radius 1 is 1.14 bits per heavy atom. The molecule has 1 unspecified atom stereocenters. The minimum absolute atomic E-state index is 0.0610. The Morgan fingerprint density at radius 2 is 2.14 bits per heavy atom. The fraction of sp³-hybridized carbons (Fsp3) is 0.0667. The normalized spacial score (nSPS) is 17.5. The SMILES string of the molecule is C1=C(c2ccccn2)NC(Nc2ccc3[nH]ccc3n2)S1. The highest BCUT2D eigenvalue weighted by atomic mass is 32.2. The summed E-state index contributed by atoms with van der Waals surface area (Å²) < 4.78 is 0. The van der Waals surface area contributed by atoms with E-state index in [4.69, 9.17) is 0 Å². The zero-order valence-corrected chi connectivity index (χ0v) is 11.9. The number of fused-ring (bicyclic) bond motifs is 1. The van der Waals surface area contributed by atoms with Crippen molar-refractivity contribution in [2.75, 3.05) is 5.32 Å². The summed E-state index contributed by atoms with van der Waals surface area (Å²) in [6.07, 6.45) is 3.69. The van der Waals surface area contributed by atoms with Crippen LogP contribution in [0, 0.1) is 0 Å². The van der Waals surface area contributed by atoms with Crippen molar-refractivity contribution in [1.29, 1.82) is 0 Å². The van der Waals surface area contributed by atoms with Crippen LogP contribution in [0.25, 0.3) is 16.7 Å². The second-order valence-electron chi connectivity index (χ2n) is 4.66. The monoisotopic (exact) mass is 295 g/mol. The fourth-order valence-corrected chi connectivity index (χ4v) is 3.07. The summed E-state index contributed by atoms with van der Waals surface area (Å²) >= 11 is 1.68. The molecule has 0 amide bonds. The molecule has 1 aliphatic heterocycles. The van der Waals surface area contributed by atoms with Gasteiger partial charge in [-0.3, -0.25) is 4.98 Å². The number of H-pyrrole nitrogens is 1. The van der Waals surface area contributed by atoms with E-state index in [0.29, 0.717) is 0 Å². The van der Waals surface area contributed by atoms with Crippen LogP contribution in [0.4, 0.5) is 5.82 Å². The molecule has 4 heterocycles. The molecule has 0 saturated carbocycles. The lowest BCUT2D eigenvalue weighted by atomic mass is 10.3. The zero-order valence-electron chi connectivity index (χ0n) is 11.1. The number of anilines is 1. The Morgan fingerprint density at radius 3 is 3.05 bits per heavy atom. The third kappa shape index (κ3) is 2.45. The van der Waals surface area contributed by atoms with E-state index in [1.807, 2.05) is 42.6 Å². The van der Waals surface area contributed by atoms with Gasteiger partial charge in [0.15, 0.2) is 5.50 Å². The smallest absolute Gasteiger partial charge is 0.151 e. The molecule has 3 N–H and O–H groups in total. The Labute approximate surface area is 125 Å². The first-order chi connectivity index (χ1) is 10.4. The van der Waals surface area contributed by atoms with Crippen molar-refractivity contribution in [1.82, 2.24) is 20.3 Å². The molecule has 104 valence electrons. The number of thioether (sulfide) groups is 1. The molecule has 0 aromatic carbocycles. The van der Waals surface area contributed by atoms with E-state index in [0.717, 1.165) is 28.2 Å². The number of rotatable bonds is 3. The van der Waals surface area contributed by atoms with Crippen LogP contribution in [0.2, 0.25) is 0 Å². The third-order valence-electron chi connectivity index (χ3n) is 3.23. The first-order valence-electron chi connectivity index (χ1n) is 6.63. The number of nitrogens with zero attached hydrogens (tertiary/aromatic N) is 2. The molecule has 6 heteroatoms. The fourth-order valence-electron chi connectivity index (χ4n) is 2.22. The van der Waals surface area contributed by atoms with Gasteiger partial charge in [0.1, 0.15) is 5.82 Å². The Bertz CT molecular complexity index is 796. The number of hydrogen-bond acceptors (Lipinski definition) is 5. The lowest BCUT2D eigenvalue weighted by molar-refractivity contribution is 0.892. The highest BCUT2D eigenvalue weighted by Gasteiger charge is 2.18. The van der Waals surface area contributed by atoms with Gasteiger partial charge in [-0.1, -0.05) is 17.8 Å². The molecular formula is C15H13N5S. The Hall–Kier alpha value is -2.47. The predicted octanol–water partition coefficient (Wildman–Crippen LogP) is 2.99. The largest absolute Gasteiger partial charge is 0.360 e. The average Bonchev–Trinajstić information content (AvgIpc) is 3.17. The molecule has 1 aliphatic rings. The van der Waals surface area contributed by atoms with Crippen LogP contribution >= 0.6 is 11.8 Å². The second kappa shape index (κ2) is 5.14. The summed E-state index contributed by atoms with van der Waals surface area (Å²) in [6, 6.07) is 11.9. The maximum absolute atomic E-state index is 4.56. The van der Waals surface area contributed by atoms with Gasteiger partial charge in [0, 0.05) is 17.8 Å². The molecular weight excluding hydrogens is 282 g/mol. The zero-order chi connectivity index (χ0) is 14.1. The van der Waals surface area contributed by atoms with E-state index >= 15 is 0 Å². The summed E-state index contributed by atoms with van der Waals surface area (Å²) in [4.78, 5) is 12.0. The topological polar surface area (TPSA) is 65.6 Å². The van der Waals surface area contributed by atoms with Gasteiger partial charge in [0.2, 0.25) is 0 Å². The third-order valence-corrected chi connectivity index (χ3v) is 4.11. The standard InChI is InChI=1S/C15H13N5S/c1-2-7-16-10(3-1)13-9-21-15(19-13)20-14-5-4-11-12(18-14)6-8-17-11/h1-9,15,17,19H,(H,18,20). The van der Waals surface area contributed by atoms with E-state index < -0.39 is 0 Å². The maximum Gasteiger partial charge on any atom is 0.151 e. The highest BCUT2D eigenvalue weighted by molar-refractivity contribution is 8.03. The van der Waals surface area contributed by atoms with E-state index in [2.05, 4.69) is 31.0 Å². The minimum Gasteiger partial charge on any atom is -0.360 e. The maximum atomic E-state index is 4.56.